The number of rotatable bonds is 4. The second-order valence-electron chi connectivity index (χ2n) is 5.19. The summed E-state index contributed by atoms with van der Waals surface area (Å²) in [6, 6.07) is 8.58. The number of thioether (sulfide) groups is 1. The molecule has 116 valence electrons. The summed E-state index contributed by atoms with van der Waals surface area (Å²) >= 11 is 7.60. The van der Waals surface area contributed by atoms with Crippen LogP contribution in [0.25, 0.3) is 0 Å². The normalized spacial score (nSPS) is 23.6. The molecule has 0 saturated heterocycles. The van der Waals surface area contributed by atoms with Crippen molar-refractivity contribution in [1.29, 1.82) is 0 Å². The predicted molar refractivity (Wildman–Crippen MR) is 93.3 cm³/mol. The molecule has 3 nitrogen and oxygen atoms in total. The van der Waals surface area contributed by atoms with Crippen molar-refractivity contribution in [3.05, 3.63) is 29.3 Å². The molecule has 0 radical (unpaired) electrons. The average Bonchev–Trinajstić information content (AvgIpc) is 2.88. The van der Waals surface area contributed by atoms with E-state index in [1.54, 1.807) is 11.8 Å². The van der Waals surface area contributed by atoms with Gasteiger partial charge in [0.2, 0.25) is 0 Å². The minimum absolute atomic E-state index is 0. The lowest BCUT2D eigenvalue weighted by atomic mass is 9.92. The summed E-state index contributed by atoms with van der Waals surface area (Å²) in [6.45, 7) is 0.683. The molecule has 0 amide bonds. The molecule has 21 heavy (non-hydrogen) atoms. The fraction of sp³-hybridized carbons (Fsp3) is 0.533. The molecule has 6 heteroatoms. The Balaban J connectivity index is 0.00000161. The van der Waals surface area contributed by atoms with Crippen molar-refractivity contribution in [2.24, 2.45) is 4.99 Å². The Kier molecular flexibility index (Phi) is 6.52. The lowest BCUT2D eigenvalue weighted by molar-refractivity contribution is 0.344. The minimum Gasteiger partial charge on any atom is -0.493 e. The van der Waals surface area contributed by atoms with Crippen molar-refractivity contribution in [2.45, 2.75) is 37.8 Å². The Labute approximate surface area is 141 Å². The van der Waals surface area contributed by atoms with Crippen LogP contribution in [0.15, 0.2) is 29.3 Å². The number of hydrogen-bond acceptors (Lipinski definition) is 4. The summed E-state index contributed by atoms with van der Waals surface area (Å²) in [5.74, 6) is 1.78. The molecule has 0 spiro atoms. The number of aliphatic imine (C=N–C) groups is 1. The zero-order chi connectivity index (χ0) is 13.8. The summed E-state index contributed by atoms with van der Waals surface area (Å²) in [6.07, 6.45) is 5.16. The van der Waals surface area contributed by atoms with Gasteiger partial charge in [0.15, 0.2) is 5.17 Å². The van der Waals surface area contributed by atoms with Gasteiger partial charge in [-0.3, -0.25) is 4.99 Å². The number of hydrogen-bond donors (Lipinski definition) is 1. The number of amidine groups is 1. The Morgan fingerprint density at radius 1 is 1.24 bits per heavy atom. The van der Waals surface area contributed by atoms with E-state index in [1.807, 2.05) is 24.3 Å². The van der Waals surface area contributed by atoms with Crippen LogP contribution in [0.5, 0.6) is 5.75 Å². The Bertz CT molecular complexity index is 481. The van der Waals surface area contributed by atoms with Gasteiger partial charge in [-0.05, 0) is 37.1 Å². The van der Waals surface area contributed by atoms with Gasteiger partial charge in [-0.2, -0.15) is 0 Å². The number of nitrogens with one attached hydrogen (secondary N) is 1. The molecule has 1 N–H and O–H groups in total. The monoisotopic (exact) mass is 346 g/mol. The van der Waals surface area contributed by atoms with Crippen LogP contribution < -0.4 is 10.1 Å². The zero-order valence-corrected chi connectivity index (χ0v) is 14.1. The molecular formula is C15H20Cl2N2OS. The molecule has 0 bridgehead atoms. The maximum atomic E-state index is 5.84. The molecule has 1 aliphatic heterocycles. The first-order valence-corrected chi connectivity index (χ1v) is 8.53. The molecular weight excluding hydrogens is 327 g/mol. The van der Waals surface area contributed by atoms with Crippen molar-refractivity contribution in [3.8, 4) is 5.75 Å². The minimum atomic E-state index is 0. The quantitative estimate of drug-likeness (QED) is 0.831. The Morgan fingerprint density at radius 2 is 2.00 bits per heavy atom. The van der Waals surface area contributed by atoms with Gasteiger partial charge in [-0.15, -0.1) is 12.4 Å². The fourth-order valence-corrected chi connectivity index (χ4v) is 3.62. The summed E-state index contributed by atoms with van der Waals surface area (Å²) in [7, 11) is 0. The van der Waals surface area contributed by atoms with E-state index in [-0.39, 0.29) is 12.4 Å². The lowest BCUT2D eigenvalue weighted by Gasteiger charge is -2.23. The molecule has 1 heterocycles. The van der Waals surface area contributed by atoms with Gasteiger partial charge in [0.05, 0.1) is 18.7 Å². The molecule has 1 fully saturated rings. The van der Waals surface area contributed by atoms with E-state index in [2.05, 4.69) is 5.32 Å². The van der Waals surface area contributed by atoms with Gasteiger partial charge in [-0.1, -0.05) is 36.2 Å². The topological polar surface area (TPSA) is 33.6 Å². The van der Waals surface area contributed by atoms with Crippen LogP contribution in [0.4, 0.5) is 0 Å². The molecule has 1 aromatic carbocycles. The van der Waals surface area contributed by atoms with Gasteiger partial charge < -0.3 is 10.1 Å². The van der Waals surface area contributed by atoms with Gasteiger partial charge >= 0.3 is 0 Å². The van der Waals surface area contributed by atoms with Crippen molar-refractivity contribution in [1.82, 2.24) is 5.32 Å². The second kappa shape index (κ2) is 8.16. The van der Waals surface area contributed by atoms with Gasteiger partial charge in [0.1, 0.15) is 5.75 Å². The first-order chi connectivity index (χ1) is 9.81. The average molecular weight is 347 g/mol. The third-order valence-electron chi connectivity index (χ3n) is 3.73. The van der Waals surface area contributed by atoms with Gasteiger partial charge in [0, 0.05) is 10.8 Å². The molecule has 2 atom stereocenters. The standard InChI is InChI=1S/C15H19ClN2OS.ClH/c16-11-5-7-12(8-6-11)19-9-10-20-15-17-13-3-1-2-4-14(13)18-15;/h5-8,13-14H,1-4,9-10H2,(H,17,18);1H. The highest BCUT2D eigenvalue weighted by Gasteiger charge is 2.30. The third-order valence-corrected chi connectivity index (χ3v) is 4.85. The number of halogens is 2. The number of benzene rings is 1. The van der Waals surface area contributed by atoms with Gasteiger partial charge in [0.25, 0.3) is 0 Å². The van der Waals surface area contributed by atoms with E-state index in [0.29, 0.717) is 18.7 Å². The number of nitrogens with zero attached hydrogens (tertiary/aromatic N) is 1. The van der Waals surface area contributed by atoms with Crippen molar-refractivity contribution < 1.29 is 4.74 Å². The van der Waals surface area contributed by atoms with Crippen LogP contribution >= 0.6 is 35.8 Å². The molecule has 0 aromatic heterocycles. The molecule has 3 rings (SSSR count). The first-order valence-electron chi connectivity index (χ1n) is 7.17. The van der Waals surface area contributed by atoms with E-state index < -0.39 is 0 Å². The van der Waals surface area contributed by atoms with Gasteiger partial charge in [-0.25, -0.2) is 0 Å². The molecule has 1 aliphatic carbocycles. The lowest BCUT2D eigenvalue weighted by Crippen LogP contribution is -2.36. The zero-order valence-electron chi connectivity index (χ0n) is 11.8. The van der Waals surface area contributed by atoms with E-state index in [0.717, 1.165) is 21.7 Å². The number of ether oxygens (including phenoxy) is 1. The summed E-state index contributed by atoms with van der Waals surface area (Å²) in [4.78, 5) is 4.76. The molecule has 1 saturated carbocycles. The summed E-state index contributed by atoms with van der Waals surface area (Å²) < 4.78 is 5.68. The Morgan fingerprint density at radius 3 is 2.76 bits per heavy atom. The molecule has 2 aliphatic rings. The summed E-state index contributed by atoms with van der Waals surface area (Å²) in [5.41, 5.74) is 0. The third kappa shape index (κ3) is 4.70. The van der Waals surface area contributed by atoms with Crippen LogP contribution in [0, 0.1) is 0 Å². The number of fused-ring (bicyclic) bond motifs is 1. The maximum absolute atomic E-state index is 5.84. The van der Waals surface area contributed by atoms with E-state index in [4.69, 9.17) is 21.3 Å². The van der Waals surface area contributed by atoms with Crippen molar-refractivity contribution >= 4 is 40.9 Å². The molecule has 1 aromatic rings. The highest BCUT2D eigenvalue weighted by atomic mass is 35.5. The largest absolute Gasteiger partial charge is 0.493 e. The first kappa shape index (κ1) is 16.8. The highest BCUT2D eigenvalue weighted by molar-refractivity contribution is 8.13. The predicted octanol–water partition coefficient (Wildman–Crippen LogP) is 4.14. The molecule has 2 unspecified atom stereocenters. The van der Waals surface area contributed by atoms with E-state index >= 15 is 0 Å². The highest BCUT2D eigenvalue weighted by Crippen LogP contribution is 2.27. The Hall–Kier alpha value is -0.580. The smallest absolute Gasteiger partial charge is 0.157 e. The van der Waals surface area contributed by atoms with Crippen molar-refractivity contribution in [2.75, 3.05) is 12.4 Å². The van der Waals surface area contributed by atoms with E-state index in [1.165, 1.54) is 25.7 Å². The fourth-order valence-electron chi connectivity index (χ4n) is 2.69. The van der Waals surface area contributed by atoms with Crippen LogP contribution in [-0.4, -0.2) is 29.6 Å². The van der Waals surface area contributed by atoms with E-state index in [9.17, 15) is 0 Å². The second-order valence-corrected chi connectivity index (χ2v) is 6.71. The van der Waals surface area contributed by atoms with Crippen LogP contribution in [0.2, 0.25) is 5.02 Å². The maximum Gasteiger partial charge on any atom is 0.157 e. The summed E-state index contributed by atoms with van der Waals surface area (Å²) in [5, 5.41) is 5.37. The van der Waals surface area contributed by atoms with Crippen LogP contribution in [0.3, 0.4) is 0 Å². The SMILES string of the molecule is Cl.Clc1ccc(OCCSC2=NC3CCCCC3N2)cc1. The van der Waals surface area contributed by atoms with Crippen LogP contribution in [0.1, 0.15) is 25.7 Å². The van der Waals surface area contributed by atoms with Crippen molar-refractivity contribution in [3.63, 3.8) is 0 Å². The van der Waals surface area contributed by atoms with Crippen LogP contribution in [-0.2, 0) is 0 Å².